The maximum atomic E-state index is 13.7. The van der Waals surface area contributed by atoms with E-state index in [2.05, 4.69) is 26.2 Å². The topological polar surface area (TPSA) is 80.4 Å². The van der Waals surface area contributed by atoms with Gasteiger partial charge in [-0.3, -0.25) is 4.79 Å². The molecule has 2 aromatic rings. The van der Waals surface area contributed by atoms with E-state index in [9.17, 15) is 9.59 Å². The molecule has 0 spiro atoms. The highest BCUT2D eigenvalue weighted by atomic mass is 79.9. The zero-order valence-corrected chi connectivity index (χ0v) is 18.9. The highest BCUT2D eigenvalue weighted by Crippen LogP contribution is 2.64. The maximum absolute atomic E-state index is 13.7. The second-order valence-corrected chi connectivity index (χ2v) is 11.0. The molecule has 1 amide bonds. The van der Waals surface area contributed by atoms with Crippen LogP contribution >= 0.6 is 15.9 Å². The van der Waals surface area contributed by atoms with E-state index >= 15 is 0 Å². The third kappa shape index (κ3) is 3.13. The van der Waals surface area contributed by atoms with Crippen LogP contribution in [0.25, 0.3) is 10.9 Å². The number of methoxy groups -OCH3 is 1. The van der Waals surface area contributed by atoms with Crippen LogP contribution in [0.3, 0.4) is 0 Å². The molecule has 0 saturated heterocycles. The fraction of sp³-hybridized carbons (Fsp3) is 0.565. The second kappa shape index (κ2) is 7.01. The van der Waals surface area contributed by atoms with E-state index in [4.69, 9.17) is 9.47 Å². The third-order valence-corrected chi connectivity index (χ3v) is 8.12. The number of alkyl halides is 1. The molecule has 4 aliphatic rings. The molecule has 4 bridgehead atoms. The zero-order valence-electron chi connectivity index (χ0n) is 17.3. The first-order valence-electron chi connectivity index (χ1n) is 10.7. The Morgan fingerprint density at radius 1 is 1.23 bits per heavy atom. The van der Waals surface area contributed by atoms with E-state index in [-0.39, 0.29) is 27.9 Å². The Balaban J connectivity index is 1.53. The molecule has 1 aromatic carbocycles. The number of carbonyl (C=O) groups is 2. The number of H-pyrrole nitrogens is 1. The molecule has 0 unspecified atom stereocenters. The first-order chi connectivity index (χ1) is 14.3. The molecule has 7 heteroatoms. The summed E-state index contributed by atoms with van der Waals surface area (Å²) in [7, 11) is 1.60. The monoisotopic (exact) mass is 474 g/mol. The molecular weight excluding hydrogens is 448 g/mol. The molecule has 6 nitrogen and oxygen atoms in total. The molecule has 2 N–H and O–H groups in total. The van der Waals surface area contributed by atoms with Crippen molar-refractivity contribution in [2.45, 2.75) is 49.8 Å². The van der Waals surface area contributed by atoms with Crippen molar-refractivity contribution < 1.29 is 19.1 Å². The highest BCUT2D eigenvalue weighted by Gasteiger charge is 2.59. The lowest BCUT2D eigenvalue weighted by Gasteiger charge is -2.59. The number of fused-ring (bicyclic) bond motifs is 1. The molecule has 4 aliphatic carbocycles. The number of halogens is 1. The zero-order chi connectivity index (χ0) is 21.1. The molecule has 0 radical (unpaired) electrons. The Labute approximate surface area is 184 Å². The first kappa shape index (κ1) is 19.9. The van der Waals surface area contributed by atoms with Gasteiger partial charge < -0.3 is 19.8 Å². The van der Waals surface area contributed by atoms with Gasteiger partial charge in [-0.2, -0.15) is 0 Å². The van der Waals surface area contributed by atoms with Gasteiger partial charge in [-0.1, -0.05) is 15.9 Å². The lowest BCUT2D eigenvalue weighted by molar-refractivity contribution is -0.138. The van der Waals surface area contributed by atoms with E-state index in [0.717, 1.165) is 43.0 Å². The number of carbonyl (C=O) groups excluding carboxylic acids is 2. The summed E-state index contributed by atoms with van der Waals surface area (Å²) in [6.07, 6.45) is 6.29. The van der Waals surface area contributed by atoms with Gasteiger partial charge in [0.05, 0.1) is 24.8 Å². The van der Waals surface area contributed by atoms with Crippen LogP contribution in [-0.2, 0) is 9.53 Å². The number of amides is 1. The summed E-state index contributed by atoms with van der Waals surface area (Å²) in [6.45, 7) is 2.04. The van der Waals surface area contributed by atoms with Crippen LogP contribution in [0.1, 0.15) is 55.9 Å². The van der Waals surface area contributed by atoms with Crippen molar-refractivity contribution in [3.63, 3.8) is 0 Å². The molecule has 1 heterocycles. The van der Waals surface area contributed by atoms with Crippen LogP contribution in [0.5, 0.6) is 5.75 Å². The van der Waals surface area contributed by atoms with E-state index in [1.807, 2.05) is 18.2 Å². The summed E-state index contributed by atoms with van der Waals surface area (Å²) in [5, 5.41) is 3.90. The number of nitrogens with one attached hydrogen (secondary N) is 2. The molecule has 160 valence electrons. The number of benzene rings is 1. The van der Waals surface area contributed by atoms with Gasteiger partial charge in [0.25, 0.3) is 0 Å². The largest absolute Gasteiger partial charge is 0.497 e. The first-order valence-corrected chi connectivity index (χ1v) is 11.5. The summed E-state index contributed by atoms with van der Waals surface area (Å²) in [5.41, 5.74) is 1.16. The second-order valence-electron chi connectivity index (χ2n) is 9.35. The van der Waals surface area contributed by atoms with Gasteiger partial charge in [-0.05, 0) is 75.5 Å². The molecule has 6 rings (SSSR count). The van der Waals surface area contributed by atoms with Crippen molar-refractivity contribution in [2.24, 2.45) is 17.3 Å². The maximum Gasteiger partial charge on any atom is 0.356 e. The molecule has 4 saturated carbocycles. The number of hydrogen-bond acceptors (Lipinski definition) is 4. The summed E-state index contributed by atoms with van der Waals surface area (Å²) in [6, 6.07) is 5.52. The van der Waals surface area contributed by atoms with Gasteiger partial charge in [0.1, 0.15) is 11.4 Å². The van der Waals surface area contributed by atoms with Gasteiger partial charge in [-0.25, -0.2) is 4.79 Å². The van der Waals surface area contributed by atoms with Gasteiger partial charge in [-0.15, -0.1) is 0 Å². The van der Waals surface area contributed by atoms with E-state index in [1.54, 1.807) is 14.0 Å². The van der Waals surface area contributed by atoms with Crippen LogP contribution in [0.4, 0.5) is 5.69 Å². The molecule has 30 heavy (non-hydrogen) atoms. The standard InChI is InChI=1S/C23H27BrN2O4/c1-3-30-20(27)19-18(16-7-15(29-2)4-5-17(16)25-19)26-21(28)22-8-13-6-14(9-22)11-23(24,10-13)12-22/h4-5,7,13-14,25H,3,6,8-12H2,1-2H3,(H,26,28)/t13-,14-,22?,23?/m0/s1. The number of aromatic amines is 1. The summed E-state index contributed by atoms with van der Waals surface area (Å²) in [5.74, 6) is 1.43. The molecule has 0 aliphatic heterocycles. The number of rotatable bonds is 5. The molecule has 1 aromatic heterocycles. The van der Waals surface area contributed by atoms with Gasteiger partial charge in [0.2, 0.25) is 5.91 Å². The Bertz CT molecular complexity index is 1020. The van der Waals surface area contributed by atoms with Crippen LogP contribution in [0.2, 0.25) is 0 Å². The highest BCUT2D eigenvalue weighted by molar-refractivity contribution is 9.10. The molecule has 4 fully saturated rings. The quantitative estimate of drug-likeness (QED) is 0.470. The van der Waals surface area contributed by atoms with Crippen molar-refractivity contribution in [3.05, 3.63) is 23.9 Å². The number of aromatic nitrogens is 1. The lowest BCUT2D eigenvalue weighted by Crippen LogP contribution is -2.57. The Kier molecular flexibility index (Phi) is 4.65. The summed E-state index contributed by atoms with van der Waals surface area (Å²) >= 11 is 3.98. The van der Waals surface area contributed by atoms with Crippen molar-refractivity contribution >= 4 is 44.4 Å². The minimum atomic E-state index is -0.467. The van der Waals surface area contributed by atoms with Crippen LogP contribution in [-0.4, -0.2) is 34.9 Å². The van der Waals surface area contributed by atoms with Crippen LogP contribution < -0.4 is 10.1 Å². The van der Waals surface area contributed by atoms with Gasteiger partial charge >= 0.3 is 5.97 Å². The predicted octanol–water partition coefficient (Wildman–Crippen LogP) is 5.03. The van der Waals surface area contributed by atoms with E-state index < -0.39 is 5.97 Å². The average molecular weight is 475 g/mol. The number of ether oxygens (including phenoxy) is 2. The Morgan fingerprint density at radius 2 is 1.97 bits per heavy atom. The smallest absolute Gasteiger partial charge is 0.356 e. The molecular formula is C23H27BrN2O4. The average Bonchev–Trinajstić information content (AvgIpc) is 3.04. The van der Waals surface area contributed by atoms with E-state index in [0.29, 0.717) is 23.3 Å². The number of anilines is 1. The predicted molar refractivity (Wildman–Crippen MR) is 118 cm³/mol. The Morgan fingerprint density at radius 3 is 2.60 bits per heavy atom. The normalized spacial score (nSPS) is 31.7. The van der Waals surface area contributed by atoms with Crippen molar-refractivity contribution in [1.29, 1.82) is 0 Å². The lowest BCUT2D eigenvalue weighted by atomic mass is 9.49. The minimum Gasteiger partial charge on any atom is -0.497 e. The van der Waals surface area contributed by atoms with Crippen molar-refractivity contribution in [3.8, 4) is 5.75 Å². The number of hydrogen-bond donors (Lipinski definition) is 2. The van der Waals surface area contributed by atoms with Crippen molar-refractivity contribution in [2.75, 3.05) is 19.0 Å². The van der Waals surface area contributed by atoms with Crippen LogP contribution in [0, 0.1) is 17.3 Å². The SMILES string of the molecule is CCOC(=O)c1[nH]c2ccc(OC)cc2c1NC(=O)C12C[C@@H]3C[C@H](CC(Br)(C3)C1)C2. The fourth-order valence-electron chi connectivity index (χ4n) is 6.45. The molecule has 2 atom stereocenters. The fourth-order valence-corrected chi connectivity index (χ4v) is 7.90. The van der Waals surface area contributed by atoms with Crippen molar-refractivity contribution in [1.82, 2.24) is 4.98 Å². The summed E-state index contributed by atoms with van der Waals surface area (Å²) in [4.78, 5) is 29.5. The number of esters is 1. The van der Waals surface area contributed by atoms with E-state index in [1.165, 1.54) is 6.42 Å². The third-order valence-electron chi connectivity index (χ3n) is 7.20. The Hall–Kier alpha value is -2.02. The minimum absolute atomic E-state index is 0.0229. The van der Waals surface area contributed by atoms with Gasteiger partial charge in [0, 0.05) is 15.2 Å². The van der Waals surface area contributed by atoms with Gasteiger partial charge in [0.15, 0.2) is 0 Å². The summed E-state index contributed by atoms with van der Waals surface area (Å²) < 4.78 is 10.7. The van der Waals surface area contributed by atoms with Crippen LogP contribution in [0.15, 0.2) is 18.2 Å².